The van der Waals surface area contributed by atoms with Crippen molar-refractivity contribution < 1.29 is 0 Å². The number of allylic oxidation sites excluding steroid dienone is 10. The molecule has 0 spiro atoms. The van der Waals surface area contributed by atoms with Gasteiger partial charge in [0.2, 0.25) is 0 Å². The first-order chi connectivity index (χ1) is 27.2. The first-order valence-electron chi connectivity index (χ1n) is 18.8. The molecule has 3 nitrogen and oxygen atoms in total. The predicted molar refractivity (Wildman–Crippen MR) is 232 cm³/mol. The van der Waals surface area contributed by atoms with E-state index in [1.54, 1.807) is 11.3 Å². The van der Waals surface area contributed by atoms with Crippen LogP contribution in [0.25, 0.3) is 61.5 Å². The molecule has 2 heterocycles. The normalized spacial score (nSPS) is 18.0. The maximum atomic E-state index is 5.05. The molecule has 7 aromatic rings. The number of fused-ring (bicyclic) bond motifs is 1. The number of hydrogen-bond acceptors (Lipinski definition) is 4. The summed E-state index contributed by atoms with van der Waals surface area (Å²) in [6.07, 6.45) is 21.5. The van der Waals surface area contributed by atoms with E-state index in [0.717, 1.165) is 45.2 Å². The van der Waals surface area contributed by atoms with Crippen LogP contribution in [0.2, 0.25) is 0 Å². The minimum absolute atomic E-state index is 0.395. The molecular formula is C51H39N3S. The third kappa shape index (κ3) is 7.13. The second kappa shape index (κ2) is 15.5. The molecule has 5 aromatic carbocycles. The summed E-state index contributed by atoms with van der Waals surface area (Å²) in [6.45, 7) is 4.23. The maximum absolute atomic E-state index is 5.05. The predicted octanol–water partition coefficient (Wildman–Crippen LogP) is 13.3. The molecule has 2 aromatic heterocycles. The highest BCUT2D eigenvalue weighted by atomic mass is 32.1. The van der Waals surface area contributed by atoms with E-state index in [0.29, 0.717) is 35.2 Å². The number of benzene rings is 5. The molecule has 0 saturated carbocycles. The first-order valence-corrected chi connectivity index (χ1v) is 19.7. The fourth-order valence-corrected chi connectivity index (χ4v) is 8.74. The van der Waals surface area contributed by atoms with Crippen molar-refractivity contribution in [3.8, 4) is 34.2 Å². The summed E-state index contributed by atoms with van der Waals surface area (Å²) in [7, 11) is 0. The van der Waals surface area contributed by atoms with Crippen LogP contribution in [-0.4, -0.2) is 15.0 Å². The molecule has 2 aliphatic rings. The highest BCUT2D eigenvalue weighted by molar-refractivity contribution is 7.17. The Hall–Kier alpha value is -6.49. The Balaban J connectivity index is 1.00. The lowest BCUT2D eigenvalue weighted by Crippen LogP contribution is -2.20. The lowest BCUT2D eigenvalue weighted by Gasteiger charge is -2.31. The van der Waals surface area contributed by atoms with Gasteiger partial charge in [0.1, 0.15) is 0 Å². The number of thiophene rings is 1. The summed E-state index contributed by atoms with van der Waals surface area (Å²) in [5.41, 5.74) is 10.1. The quantitative estimate of drug-likeness (QED) is 0.139. The van der Waals surface area contributed by atoms with Crippen LogP contribution in [-0.2, 0) is 0 Å². The Morgan fingerprint density at radius 2 is 1.29 bits per heavy atom. The van der Waals surface area contributed by atoms with Crippen LogP contribution in [0.5, 0.6) is 0 Å². The number of rotatable bonds is 9. The standard InChI is InChI=1S/C51H39N3S/c1-2-35(36-25-27-37(28-26-36)38-29-31-40(32-30-38)45-22-13-12-21-44(45)39-15-6-3-7-16-39)33-43-34-55-47-24-14-23-46(48(43)47)51-53-49(41-17-8-4-9-18-41)52-50(54-51)42-19-10-5-11-20-42/h2-31,33-34,40,44-45H,1,32H2/b35-33+. The fraction of sp³-hybridized carbons (Fsp3) is 0.0784. The molecule has 9 rings (SSSR count). The van der Waals surface area contributed by atoms with Crippen LogP contribution in [0, 0.1) is 11.8 Å². The Kier molecular flexibility index (Phi) is 9.64. The van der Waals surface area contributed by atoms with Gasteiger partial charge >= 0.3 is 0 Å². The van der Waals surface area contributed by atoms with Crippen molar-refractivity contribution in [2.24, 2.45) is 11.8 Å². The molecule has 4 heteroatoms. The Bertz CT molecular complexity index is 2570. The summed E-state index contributed by atoms with van der Waals surface area (Å²) in [4.78, 5) is 15.0. The number of hydrogen-bond donors (Lipinski definition) is 0. The second-order valence-corrected chi connectivity index (χ2v) is 14.9. The van der Waals surface area contributed by atoms with Crippen LogP contribution >= 0.6 is 11.3 Å². The zero-order chi connectivity index (χ0) is 37.0. The summed E-state index contributed by atoms with van der Waals surface area (Å²) < 4.78 is 1.18. The van der Waals surface area contributed by atoms with E-state index in [-0.39, 0.29) is 0 Å². The summed E-state index contributed by atoms with van der Waals surface area (Å²) >= 11 is 1.73. The van der Waals surface area contributed by atoms with Gasteiger partial charge in [-0.15, -0.1) is 11.3 Å². The van der Waals surface area contributed by atoms with Crippen LogP contribution in [0.1, 0.15) is 34.6 Å². The Morgan fingerprint density at radius 1 is 0.636 bits per heavy atom. The van der Waals surface area contributed by atoms with Gasteiger partial charge in [0.25, 0.3) is 0 Å². The van der Waals surface area contributed by atoms with Gasteiger partial charge in [-0.05, 0) is 69.2 Å². The minimum atomic E-state index is 0.395. The van der Waals surface area contributed by atoms with Crippen LogP contribution in [0.15, 0.2) is 194 Å². The highest BCUT2D eigenvalue weighted by Gasteiger charge is 2.27. The molecule has 55 heavy (non-hydrogen) atoms. The van der Waals surface area contributed by atoms with Crippen molar-refractivity contribution in [2.75, 3.05) is 0 Å². The van der Waals surface area contributed by atoms with Gasteiger partial charge in [-0.2, -0.15) is 0 Å². The zero-order valence-electron chi connectivity index (χ0n) is 30.4. The molecule has 3 unspecified atom stereocenters. The van der Waals surface area contributed by atoms with Crippen molar-refractivity contribution in [3.63, 3.8) is 0 Å². The average Bonchev–Trinajstić information content (AvgIpc) is 3.69. The van der Waals surface area contributed by atoms with Crippen LogP contribution < -0.4 is 0 Å². The molecule has 0 saturated heterocycles. The molecule has 3 atom stereocenters. The van der Waals surface area contributed by atoms with E-state index in [1.807, 2.05) is 66.7 Å². The van der Waals surface area contributed by atoms with Crippen molar-refractivity contribution >= 4 is 38.6 Å². The first kappa shape index (κ1) is 34.3. The molecule has 0 N–H and O–H groups in total. The summed E-state index contributed by atoms with van der Waals surface area (Å²) in [5.74, 6) is 3.25. The third-order valence-electron chi connectivity index (χ3n) is 10.6. The van der Waals surface area contributed by atoms with E-state index in [2.05, 4.69) is 133 Å². The molecule has 0 fully saturated rings. The SMILES string of the molecule is C=C/C(=C\c1csc2cccc(-c3nc(-c4ccccc4)nc(-c4ccccc4)n3)c12)c1ccc(C2=CCC(C3C=CC=CC3c3ccccc3)C=C2)cc1. The van der Waals surface area contributed by atoms with Crippen molar-refractivity contribution in [1.82, 2.24) is 15.0 Å². The van der Waals surface area contributed by atoms with Gasteiger partial charge in [0, 0.05) is 32.7 Å². The minimum Gasteiger partial charge on any atom is -0.208 e. The Labute approximate surface area is 326 Å². The molecule has 0 radical (unpaired) electrons. The summed E-state index contributed by atoms with van der Waals surface area (Å²) in [6, 6.07) is 46.4. The third-order valence-corrected chi connectivity index (χ3v) is 11.6. The van der Waals surface area contributed by atoms with E-state index < -0.39 is 0 Å². The van der Waals surface area contributed by atoms with Gasteiger partial charge in [0.15, 0.2) is 17.5 Å². The van der Waals surface area contributed by atoms with Crippen molar-refractivity contribution in [1.29, 1.82) is 0 Å². The second-order valence-electron chi connectivity index (χ2n) is 14.0. The molecular weight excluding hydrogens is 687 g/mol. The lowest BCUT2D eigenvalue weighted by atomic mass is 9.73. The van der Waals surface area contributed by atoms with Crippen molar-refractivity contribution in [2.45, 2.75) is 12.3 Å². The zero-order valence-corrected chi connectivity index (χ0v) is 31.2. The number of aromatic nitrogens is 3. The van der Waals surface area contributed by atoms with Crippen LogP contribution in [0.4, 0.5) is 0 Å². The van der Waals surface area contributed by atoms with Gasteiger partial charge in [-0.3, -0.25) is 0 Å². The largest absolute Gasteiger partial charge is 0.208 e. The van der Waals surface area contributed by atoms with E-state index in [1.165, 1.54) is 21.4 Å². The summed E-state index contributed by atoms with van der Waals surface area (Å²) in [5, 5.41) is 3.34. The molecule has 264 valence electrons. The Morgan fingerprint density at radius 3 is 1.95 bits per heavy atom. The molecule has 0 aliphatic heterocycles. The van der Waals surface area contributed by atoms with Crippen molar-refractivity contribution in [3.05, 3.63) is 216 Å². The smallest absolute Gasteiger partial charge is 0.164 e. The fourth-order valence-electron chi connectivity index (χ4n) is 7.80. The number of nitrogens with zero attached hydrogens (tertiary/aromatic N) is 3. The van der Waals surface area contributed by atoms with E-state index in [4.69, 9.17) is 15.0 Å². The molecule has 0 amide bonds. The average molecular weight is 726 g/mol. The molecule has 0 bridgehead atoms. The van der Waals surface area contributed by atoms with Gasteiger partial charge < -0.3 is 0 Å². The van der Waals surface area contributed by atoms with Crippen LogP contribution in [0.3, 0.4) is 0 Å². The maximum Gasteiger partial charge on any atom is 0.164 e. The van der Waals surface area contributed by atoms with Gasteiger partial charge in [-0.1, -0.05) is 183 Å². The van der Waals surface area contributed by atoms with E-state index in [9.17, 15) is 0 Å². The van der Waals surface area contributed by atoms with Gasteiger partial charge in [-0.25, -0.2) is 15.0 Å². The monoisotopic (exact) mass is 725 g/mol. The van der Waals surface area contributed by atoms with E-state index >= 15 is 0 Å². The van der Waals surface area contributed by atoms with Gasteiger partial charge in [0.05, 0.1) is 0 Å². The lowest BCUT2D eigenvalue weighted by molar-refractivity contribution is 0.435. The topological polar surface area (TPSA) is 38.7 Å². The molecule has 2 aliphatic carbocycles. The highest BCUT2D eigenvalue weighted by Crippen LogP contribution is 2.41.